The van der Waals surface area contributed by atoms with Crippen LogP contribution in [0.1, 0.15) is 30.4 Å². The first-order valence-electron chi connectivity index (χ1n) is 7.74. The number of anilines is 2. The zero-order valence-corrected chi connectivity index (χ0v) is 13.5. The molecule has 1 saturated heterocycles. The van der Waals surface area contributed by atoms with Gasteiger partial charge in [0, 0.05) is 24.0 Å². The van der Waals surface area contributed by atoms with Crippen molar-refractivity contribution >= 4 is 22.3 Å². The van der Waals surface area contributed by atoms with Gasteiger partial charge in [-0.2, -0.15) is 0 Å². The second-order valence-electron chi connectivity index (χ2n) is 5.57. The Morgan fingerprint density at radius 1 is 1.30 bits per heavy atom. The van der Waals surface area contributed by atoms with Crippen LogP contribution in [0.15, 0.2) is 42.2 Å². The van der Waals surface area contributed by atoms with Crippen molar-refractivity contribution in [3.8, 4) is 0 Å². The maximum absolute atomic E-state index is 4.79. The zero-order valence-electron chi connectivity index (χ0n) is 12.6. The number of H-pyrrole nitrogens is 1. The molecule has 4 heterocycles. The standard InChI is InChI=1S/C16H18N6S/c1-3-12(20-14(5-1)21-16-19-8-10-23-16)13-4-2-9-22(13)11-15-17-6-7-18-15/h1,3,5-8,10,13H,2,4,9,11H2,(H,17,18)(H,19,20,21). The van der Waals surface area contributed by atoms with Gasteiger partial charge < -0.3 is 10.3 Å². The first-order chi connectivity index (χ1) is 11.4. The van der Waals surface area contributed by atoms with Crippen LogP contribution in [-0.2, 0) is 6.54 Å². The van der Waals surface area contributed by atoms with Gasteiger partial charge in [-0.3, -0.25) is 4.90 Å². The molecule has 0 spiro atoms. The lowest BCUT2D eigenvalue weighted by molar-refractivity contribution is 0.239. The number of hydrogen-bond donors (Lipinski definition) is 2. The number of hydrogen-bond acceptors (Lipinski definition) is 6. The van der Waals surface area contributed by atoms with E-state index in [1.807, 2.05) is 17.6 Å². The van der Waals surface area contributed by atoms with Gasteiger partial charge in [0.05, 0.1) is 18.3 Å². The molecule has 1 atom stereocenters. The fourth-order valence-corrected chi connectivity index (χ4v) is 3.56. The summed E-state index contributed by atoms with van der Waals surface area (Å²) in [7, 11) is 0. The number of pyridine rings is 1. The molecule has 0 aliphatic carbocycles. The average molecular weight is 326 g/mol. The number of aromatic amines is 1. The van der Waals surface area contributed by atoms with E-state index in [9.17, 15) is 0 Å². The zero-order chi connectivity index (χ0) is 15.5. The molecular weight excluding hydrogens is 308 g/mol. The van der Waals surface area contributed by atoms with E-state index in [1.165, 1.54) is 6.42 Å². The van der Waals surface area contributed by atoms with Gasteiger partial charge in [-0.15, -0.1) is 11.3 Å². The highest BCUT2D eigenvalue weighted by Crippen LogP contribution is 2.32. The number of nitrogens with one attached hydrogen (secondary N) is 2. The summed E-state index contributed by atoms with van der Waals surface area (Å²) in [5.41, 5.74) is 1.11. The van der Waals surface area contributed by atoms with Crippen LogP contribution in [0.2, 0.25) is 0 Å². The van der Waals surface area contributed by atoms with Gasteiger partial charge in [-0.1, -0.05) is 6.07 Å². The molecule has 23 heavy (non-hydrogen) atoms. The minimum Gasteiger partial charge on any atom is -0.348 e. The van der Waals surface area contributed by atoms with E-state index in [-0.39, 0.29) is 0 Å². The smallest absolute Gasteiger partial charge is 0.188 e. The van der Waals surface area contributed by atoms with Crippen molar-refractivity contribution in [3.63, 3.8) is 0 Å². The fourth-order valence-electron chi connectivity index (χ4n) is 3.03. The Morgan fingerprint density at radius 3 is 3.13 bits per heavy atom. The SMILES string of the molecule is c1cc(Nc2nccs2)nc(C2CCCN2Cc2ncc[nH]2)c1. The molecule has 3 aromatic rings. The average Bonchev–Trinajstić information content (AvgIpc) is 3.30. The highest BCUT2D eigenvalue weighted by Gasteiger charge is 2.27. The van der Waals surface area contributed by atoms with Gasteiger partial charge in [0.15, 0.2) is 5.13 Å². The van der Waals surface area contributed by atoms with Crippen molar-refractivity contribution < 1.29 is 0 Å². The third-order valence-electron chi connectivity index (χ3n) is 4.05. The molecule has 4 rings (SSSR count). The normalized spacial score (nSPS) is 18.3. The van der Waals surface area contributed by atoms with Gasteiger partial charge in [0.2, 0.25) is 0 Å². The first kappa shape index (κ1) is 14.3. The van der Waals surface area contributed by atoms with Crippen LogP contribution >= 0.6 is 11.3 Å². The van der Waals surface area contributed by atoms with Crippen LogP contribution in [0.4, 0.5) is 10.9 Å². The van der Waals surface area contributed by atoms with E-state index in [0.29, 0.717) is 6.04 Å². The molecule has 0 saturated carbocycles. The third-order valence-corrected chi connectivity index (χ3v) is 4.74. The summed E-state index contributed by atoms with van der Waals surface area (Å²) in [6.45, 7) is 1.92. The lowest BCUT2D eigenvalue weighted by Gasteiger charge is -2.23. The predicted octanol–water partition coefficient (Wildman–Crippen LogP) is 3.34. The summed E-state index contributed by atoms with van der Waals surface area (Å²) in [5, 5.41) is 6.09. The van der Waals surface area contributed by atoms with Gasteiger partial charge in [0.1, 0.15) is 11.6 Å². The van der Waals surface area contributed by atoms with E-state index >= 15 is 0 Å². The monoisotopic (exact) mass is 326 g/mol. The fraction of sp³-hybridized carbons (Fsp3) is 0.312. The van der Waals surface area contributed by atoms with Crippen molar-refractivity contribution in [1.29, 1.82) is 0 Å². The second kappa shape index (κ2) is 6.47. The molecule has 2 N–H and O–H groups in total. The lowest BCUT2D eigenvalue weighted by Crippen LogP contribution is -2.24. The maximum atomic E-state index is 4.79. The van der Waals surface area contributed by atoms with Gasteiger partial charge in [0.25, 0.3) is 0 Å². The molecule has 3 aromatic heterocycles. The van der Waals surface area contributed by atoms with E-state index < -0.39 is 0 Å². The van der Waals surface area contributed by atoms with Crippen molar-refractivity contribution in [1.82, 2.24) is 24.8 Å². The molecular formula is C16H18N6S. The molecule has 1 aliphatic heterocycles. The molecule has 0 amide bonds. The second-order valence-corrected chi connectivity index (χ2v) is 6.47. The number of aromatic nitrogens is 4. The topological polar surface area (TPSA) is 69.7 Å². The number of rotatable bonds is 5. The molecule has 6 nitrogen and oxygen atoms in total. The van der Waals surface area contributed by atoms with Crippen LogP contribution < -0.4 is 5.32 Å². The van der Waals surface area contributed by atoms with Crippen molar-refractivity contribution in [3.05, 3.63) is 53.7 Å². The van der Waals surface area contributed by atoms with Crippen LogP contribution in [0, 0.1) is 0 Å². The van der Waals surface area contributed by atoms with Crippen LogP contribution in [0.25, 0.3) is 0 Å². The van der Waals surface area contributed by atoms with E-state index in [2.05, 4.69) is 37.3 Å². The number of likely N-dealkylation sites (tertiary alicyclic amines) is 1. The van der Waals surface area contributed by atoms with Gasteiger partial charge in [-0.05, 0) is 31.5 Å². The first-order valence-corrected chi connectivity index (χ1v) is 8.62. The quantitative estimate of drug-likeness (QED) is 0.752. The van der Waals surface area contributed by atoms with E-state index in [1.54, 1.807) is 23.7 Å². The Kier molecular flexibility index (Phi) is 4.04. The molecule has 1 unspecified atom stereocenters. The number of imidazole rings is 1. The summed E-state index contributed by atoms with van der Waals surface area (Å²) in [6.07, 6.45) is 7.79. The van der Waals surface area contributed by atoms with Crippen LogP contribution in [0.5, 0.6) is 0 Å². The van der Waals surface area contributed by atoms with Crippen LogP contribution in [-0.4, -0.2) is 31.4 Å². The minimum absolute atomic E-state index is 0.346. The Morgan fingerprint density at radius 2 is 2.30 bits per heavy atom. The molecule has 0 aromatic carbocycles. The molecule has 0 bridgehead atoms. The molecule has 1 aliphatic rings. The van der Waals surface area contributed by atoms with E-state index in [0.717, 1.165) is 42.0 Å². The third kappa shape index (κ3) is 3.25. The molecule has 118 valence electrons. The minimum atomic E-state index is 0.346. The van der Waals surface area contributed by atoms with E-state index in [4.69, 9.17) is 4.98 Å². The highest BCUT2D eigenvalue weighted by molar-refractivity contribution is 7.13. The van der Waals surface area contributed by atoms with Crippen molar-refractivity contribution in [2.45, 2.75) is 25.4 Å². The Bertz CT molecular complexity index is 740. The Hall–Kier alpha value is -2.25. The predicted molar refractivity (Wildman–Crippen MR) is 90.6 cm³/mol. The van der Waals surface area contributed by atoms with Crippen LogP contribution in [0.3, 0.4) is 0 Å². The van der Waals surface area contributed by atoms with Gasteiger partial charge in [-0.25, -0.2) is 15.0 Å². The van der Waals surface area contributed by atoms with Crippen molar-refractivity contribution in [2.75, 3.05) is 11.9 Å². The Balaban J connectivity index is 1.52. The summed E-state index contributed by atoms with van der Waals surface area (Å²) >= 11 is 1.57. The number of thiazole rings is 1. The lowest BCUT2D eigenvalue weighted by atomic mass is 10.1. The summed E-state index contributed by atoms with van der Waals surface area (Å²) in [6, 6.07) is 6.49. The maximum Gasteiger partial charge on any atom is 0.188 e. The summed E-state index contributed by atoms with van der Waals surface area (Å²) in [4.78, 5) is 19.0. The Labute approximate surface area is 138 Å². The molecule has 0 radical (unpaired) electrons. The highest BCUT2D eigenvalue weighted by atomic mass is 32.1. The molecule has 7 heteroatoms. The largest absolute Gasteiger partial charge is 0.348 e. The number of nitrogens with zero attached hydrogens (tertiary/aromatic N) is 4. The van der Waals surface area contributed by atoms with Gasteiger partial charge >= 0.3 is 0 Å². The molecule has 1 fully saturated rings. The summed E-state index contributed by atoms with van der Waals surface area (Å²) in [5.74, 6) is 1.86. The van der Waals surface area contributed by atoms with Crippen molar-refractivity contribution in [2.24, 2.45) is 0 Å². The summed E-state index contributed by atoms with van der Waals surface area (Å²) < 4.78 is 0.